The monoisotopic (exact) mass is 299 g/mol. The first-order chi connectivity index (χ1) is 10.1. The van der Waals surface area contributed by atoms with E-state index in [4.69, 9.17) is 4.74 Å². The van der Waals surface area contributed by atoms with E-state index in [1.54, 1.807) is 0 Å². The Bertz CT molecular complexity index is 363. The fourth-order valence-corrected chi connectivity index (χ4v) is 2.77. The van der Waals surface area contributed by atoms with Crippen molar-refractivity contribution in [3.63, 3.8) is 0 Å². The Morgan fingerprint density at radius 1 is 1.10 bits per heavy atom. The summed E-state index contributed by atoms with van der Waals surface area (Å²) >= 11 is 0. The first-order valence-electron chi connectivity index (χ1n) is 7.68. The van der Waals surface area contributed by atoms with Gasteiger partial charge in [-0.15, -0.1) is 0 Å². The van der Waals surface area contributed by atoms with Crippen LogP contribution in [0.1, 0.15) is 25.7 Å². The van der Waals surface area contributed by atoms with Gasteiger partial charge in [-0.25, -0.2) is 0 Å². The first-order valence-corrected chi connectivity index (χ1v) is 7.68. The van der Waals surface area contributed by atoms with E-state index in [1.165, 1.54) is 0 Å². The molecular weight excluding hydrogens is 274 g/mol. The molecule has 1 saturated carbocycles. The lowest BCUT2D eigenvalue weighted by molar-refractivity contribution is -0.139. The molecule has 1 saturated heterocycles. The Morgan fingerprint density at radius 3 is 2.38 bits per heavy atom. The van der Waals surface area contributed by atoms with E-state index >= 15 is 0 Å². The predicted octanol–water partition coefficient (Wildman–Crippen LogP) is -1.14. The van der Waals surface area contributed by atoms with Crippen LogP contribution in [0.4, 0.5) is 0 Å². The van der Waals surface area contributed by atoms with E-state index in [0.29, 0.717) is 39.1 Å². The molecule has 7 heteroatoms. The van der Waals surface area contributed by atoms with Crippen LogP contribution in [-0.4, -0.2) is 73.4 Å². The molecule has 1 heterocycles. The summed E-state index contributed by atoms with van der Waals surface area (Å²) in [5, 5.41) is 15.2. The number of hydrogen-bond donors (Lipinski definition) is 3. The van der Waals surface area contributed by atoms with Gasteiger partial charge in [0.15, 0.2) is 0 Å². The maximum Gasteiger partial charge on any atom is 0.309 e. The van der Waals surface area contributed by atoms with Crippen molar-refractivity contribution in [2.45, 2.75) is 31.3 Å². The van der Waals surface area contributed by atoms with Crippen LogP contribution < -0.4 is 10.6 Å². The van der Waals surface area contributed by atoms with E-state index in [9.17, 15) is 14.7 Å². The van der Waals surface area contributed by atoms with Crippen molar-refractivity contribution in [2.75, 3.05) is 45.9 Å². The standard InChI is InChI=1S/C14H25N3O4/c18-12(15-5-6-17-7-9-21-10-8-17)13(19)16-11-14(20)3-1-2-4-14/h20H,1-11H2,(H,15,18)(H,16,19). The van der Waals surface area contributed by atoms with Crippen molar-refractivity contribution in [1.82, 2.24) is 15.5 Å². The van der Waals surface area contributed by atoms with Crippen molar-refractivity contribution >= 4 is 11.8 Å². The summed E-state index contributed by atoms with van der Waals surface area (Å²) in [5.41, 5.74) is -0.830. The molecule has 1 aliphatic heterocycles. The number of aliphatic hydroxyl groups is 1. The minimum Gasteiger partial charge on any atom is -0.388 e. The van der Waals surface area contributed by atoms with E-state index in [-0.39, 0.29) is 6.54 Å². The lowest BCUT2D eigenvalue weighted by atomic mass is 10.0. The molecule has 0 bridgehead atoms. The number of carbonyl (C=O) groups is 2. The van der Waals surface area contributed by atoms with Gasteiger partial charge in [0, 0.05) is 32.7 Å². The topological polar surface area (TPSA) is 90.9 Å². The highest BCUT2D eigenvalue weighted by molar-refractivity contribution is 6.35. The number of rotatable bonds is 5. The number of nitrogens with zero attached hydrogens (tertiary/aromatic N) is 1. The van der Waals surface area contributed by atoms with Crippen LogP contribution in [0.3, 0.4) is 0 Å². The SMILES string of the molecule is O=C(NCCN1CCOCC1)C(=O)NCC1(O)CCCC1. The summed E-state index contributed by atoms with van der Waals surface area (Å²) in [6, 6.07) is 0. The number of morpholine rings is 1. The van der Waals surface area contributed by atoms with Gasteiger partial charge in [-0.2, -0.15) is 0 Å². The van der Waals surface area contributed by atoms with Crippen LogP contribution in [0.15, 0.2) is 0 Å². The highest BCUT2D eigenvalue weighted by Crippen LogP contribution is 2.28. The molecule has 3 N–H and O–H groups in total. The van der Waals surface area contributed by atoms with E-state index < -0.39 is 17.4 Å². The fourth-order valence-electron chi connectivity index (χ4n) is 2.77. The molecule has 120 valence electrons. The summed E-state index contributed by atoms with van der Waals surface area (Å²) in [5.74, 6) is -1.30. The lowest BCUT2D eigenvalue weighted by Gasteiger charge is -2.26. The molecule has 0 radical (unpaired) electrons. The first kappa shape index (κ1) is 16.2. The molecule has 2 aliphatic rings. The predicted molar refractivity (Wildman–Crippen MR) is 76.7 cm³/mol. The average molecular weight is 299 g/mol. The summed E-state index contributed by atoms with van der Waals surface area (Å²) in [7, 11) is 0. The van der Waals surface area contributed by atoms with E-state index in [1.807, 2.05) is 0 Å². The maximum atomic E-state index is 11.7. The molecule has 0 aromatic heterocycles. The number of amides is 2. The van der Waals surface area contributed by atoms with Crippen LogP contribution in [0, 0.1) is 0 Å². The van der Waals surface area contributed by atoms with Crippen LogP contribution in [0.5, 0.6) is 0 Å². The van der Waals surface area contributed by atoms with Crippen molar-refractivity contribution in [1.29, 1.82) is 0 Å². The molecule has 0 aromatic carbocycles. The summed E-state index contributed by atoms with van der Waals surface area (Å²) in [6.45, 7) is 4.45. The largest absolute Gasteiger partial charge is 0.388 e. The average Bonchev–Trinajstić information content (AvgIpc) is 2.93. The molecule has 2 rings (SSSR count). The highest BCUT2D eigenvalue weighted by atomic mass is 16.5. The zero-order chi connectivity index (χ0) is 15.1. The smallest absolute Gasteiger partial charge is 0.309 e. The molecule has 21 heavy (non-hydrogen) atoms. The van der Waals surface area contributed by atoms with Crippen molar-refractivity contribution in [2.24, 2.45) is 0 Å². The van der Waals surface area contributed by atoms with Gasteiger partial charge in [0.2, 0.25) is 0 Å². The normalized spacial score (nSPS) is 22.0. The molecule has 2 fully saturated rings. The zero-order valence-corrected chi connectivity index (χ0v) is 12.4. The second-order valence-corrected chi connectivity index (χ2v) is 5.82. The van der Waals surface area contributed by atoms with Crippen molar-refractivity contribution < 1.29 is 19.4 Å². The molecule has 0 aromatic rings. The minimum absolute atomic E-state index is 0.155. The maximum absolute atomic E-state index is 11.7. The zero-order valence-electron chi connectivity index (χ0n) is 12.4. The fraction of sp³-hybridized carbons (Fsp3) is 0.857. The summed E-state index contributed by atoms with van der Waals surface area (Å²) < 4.78 is 5.24. The molecule has 7 nitrogen and oxygen atoms in total. The minimum atomic E-state index is -0.830. The third kappa shape index (κ3) is 5.26. The van der Waals surface area contributed by atoms with Crippen molar-refractivity contribution in [3.05, 3.63) is 0 Å². The van der Waals surface area contributed by atoms with Gasteiger partial charge in [0.1, 0.15) is 0 Å². The van der Waals surface area contributed by atoms with E-state index in [0.717, 1.165) is 25.9 Å². The third-order valence-corrected chi connectivity index (χ3v) is 4.14. The number of ether oxygens (including phenoxy) is 1. The number of carbonyl (C=O) groups excluding carboxylic acids is 2. The Labute approximate surface area is 125 Å². The van der Waals surface area contributed by atoms with Gasteiger partial charge in [-0.1, -0.05) is 12.8 Å². The third-order valence-electron chi connectivity index (χ3n) is 4.14. The van der Waals surface area contributed by atoms with Gasteiger partial charge in [-0.05, 0) is 12.8 Å². The molecule has 2 amide bonds. The second kappa shape index (κ2) is 7.72. The lowest BCUT2D eigenvalue weighted by Crippen LogP contribution is -2.48. The molecule has 0 spiro atoms. The second-order valence-electron chi connectivity index (χ2n) is 5.82. The summed E-state index contributed by atoms with van der Waals surface area (Å²) in [6.07, 6.45) is 3.31. The van der Waals surface area contributed by atoms with Gasteiger partial charge in [0.25, 0.3) is 0 Å². The Hall–Kier alpha value is -1.18. The number of hydrogen-bond acceptors (Lipinski definition) is 5. The van der Waals surface area contributed by atoms with Gasteiger partial charge >= 0.3 is 11.8 Å². The van der Waals surface area contributed by atoms with Crippen molar-refractivity contribution in [3.8, 4) is 0 Å². The number of nitrogens with one attached hydrogen (secondary N) is 2. The van der Waals surface area contributed by atoms with Gasteiger partial charge < -0.3 is 20.5 Å². The highest BCUT2D eigenvalue weighted by Gasteiger charge is 2.31. The Kier molecular flexibility index (Phi) is 5.96. The van der Waals surface area contributed by atoms with Crippen LogP contribution in [-0.2, 0) is 14.3 Å². The summed E-state index contributed by atoms with van der Waals surface area (Å²) in [4.78, 5) is 25.5. The van der Waals surface area contributed by atoms with Gasteiger partial charge in [-0.3, -0.25) is 14.5 Å². The van der Waals surface area contributed by atoms with Crippen LogP contribution >= 0.6 is 0 Å². The molecule has 1 aliphatic carbocycles. The Balaban J connectivity index is 1.59. The van der Waals surface area contributed by atoms with Crippen LogP contribution in [0.25, 0.3) is 0 Å². The quantitative estimate of drug-likeness (QED) is 0.558. The van der Waals surface area contributed by atoms with Crippen LogP contribution in [0.2, 0.25) is 0 Å². The molecular formula is C14H25N3O4. The molecule has 0 unspecified atom stereocenters. The molecule has 0 atom stereocenters. The Morgan fingerprint density at radius 2 is 1.71 bits per heavy atom. The van der Waals surface area contributed by atoms with Gasteiger partial charge in [0.05, 0.1) is 18.8 Å². The van der Waals surface area contributed by atoms with E-state index in [2.05, 4.69) is 15.5 Å².